The molecular weight excluding hydrogens is 284 g/mol. The van der Waals surface area contributed by atoms with E-state index in [4.69, 9.17) is 21.9 Å². The maximum absolute atomic E-state index is 11.4. The van der Waals surface area contributed by atoms with Gasteiger partial charge in [0.25, 0.3) is 0 Å². The Hall–Kier alpha value is -1.43. The summed E-state index contributed by atoms with van der Waals surface area (Å²) in [7, 11) is 0. The largest absolute Gasteiger partial charge is 0.455 e. The Morgan fingerprint density at radius 3 is 2.95 bits per heavy atom. The van der Waals surface area contributed by atoms with Crippen LogP contribution in [0.25, 0.3) is 0 Å². The van der Waals surface area contributed by atoms with Crippen molar-refractivity contribution in [3.63, 3.8) is 0 Å². The second kappa shape index (κ2) is 6.14. The van der Waals surface area contributed by atoms with E-state index in [-0.39, 0.29) is 5.76 Å². The van der Waals surface area contributed by atoms with Gasteiger partial charge in [0, 0.05) is 15.5 Å². The molecule has 0 bridgehead atoms. The number of furan rings is 1. The first-order valence-electron chi connectivity index (χ1n) is 5.59. The first-order valence-corrected chi connectivity index (χ1v) is 6.95. The molecule has 0 unspecified atom stereocenters. The number of amides is 1. The number of halogens is 1. The molecule has 1 heterocycles. The highest BCUT2D eigenvalue weighted by Crippen LogP contribution is 2.27. The molecule has 0 aliphatic carbocycles. The minimum Gasteiger partial charge on any atom is -0.455 e. The fraction of sp³-hybridized carbons (Fsp3) is 0.154. The smallest absolute Gasteiger partial charge is 0.301 e. The van der Waals surface area contributed by atoms with Gasteiger partial charge in [-0.25, -0.2) is 5.84 Å². The summed E-state index contributed by atoms with van der Waals surface area (Å²) in [4.78, 5) is 12.5. The number of carbonyl (C=O) groups is 1. The van der Waals surface area contributed by atoms with Crippen LogP contribution in [0.5, 0.6) is 0 Å². The van der Waals surface area contributed by atoms with Crippen molar-refractivity contribution in [2.45, 2.75) is 17.6 Å². The van der Waals surface area contributed by atoms with Crippen molar-refractivity contribution in [3.05, 3.63) is 52.4 Å². The Kier molecular flexibility index (Phi) is 4.52. The normalized spacial score (nSPS) is 10.5. The van der Waals surface area contributed by atoms with Crippen LogP contribution in [-0.2, 0) is 5.75 Å². The molecule has 0 aliphatic rings. The number of nitrogens with two attached hydrogens (primary N) is 1. The maximum Gasteiger partial charge on any atom is 0.301 e. The van der Waals surface area contributed by atoms with Crippen LogP contribution in [0.4, 0.5) is 0 Å². The van der Waals surface area contributed by atoms with E-state index in [9.17, 15) is 4.79 Å². The van der Waals surface area contributed by atoms with Crippen molar-refractivity contribution in [1.82, 2.24) is 5.43 Å². The minimum atomic E-state index is -0.420. The quantitative estimate of drug-likeness (QED) is 0.394. The lowest BCUT2D eigenvalue weighted by atomic mass is 10.2. The third-order valence-electron chi connectivity index (χ3n) is 2.48. The van der Waals surface area contributed by atoms with Gasteiger partial charge in [0.05, 0.1) is 5.75 Å². The van der Waals surface area contributed by atoms with Crippen LogP contribution in [0.1, 0.15) is 21.9 Å². The number of hydrogen-bond donors (Lipinski definition) is 2. The predicted molar refractivity (Wildman–Crippen MR) is 76.1 cm³/mol. The molecule has 0 fully saturated rings. The van der Waals surface area contributed by atoms with Gasteiger partial charge in [0.1, 0.15) is 5.76 Å². The average Bonchev–Trinajstić information content (AvgIpc) is 2.77. The van der Waals surface area contributed by atoms with Crippen molar-refractivity contribution in [3.8, 4) is 0 Å². The summed E-state index contributed by atoms with van der Waals surface area (Å²) in [6.07, 6.45) is 0. The number of thioether (sulfide) groups is 1. The average molecular weight is 297 g/mol. The van der Waals surface area contributed by atoms with Crippen molar-refractivity contribution < 1.29 is 9.21 Å². The number of nitrogens with one attached hydrogen (secondary N) is 1. The van der Waals surface area contributed by atoms with Crippen molar-refractivity contribution in [2.75, 3.05) is 0 Å². The van der Waals surface area contributed by atoms with Gasteiger partial charge in [-0.2, -0.15) is 0 Å². The molecule has 2 aromatic rings. The number of carbonyl (C=O) groups excluding carboxylic acids is 1. The van der Waals surface area contributed by atoms with Crippen LogP contribution < -0.4 is 11.3 Å². The molecule has 3 N–H and O–H groups in total. The standard InChI is InChI=1S/C13H13ClN2O2S/c1-8-5-10(18-12(8)13(17)16-15)7-19-11-4-2-3-9(14)6-11/h2-6H,7,15H2,1H3,(H,16,17). The summed E-state index contributed by atoms with van der Waals surface area (Å²) in [5.41, 5.74) is 2.83. The van der Waals surface area contributed by atoms with Gasteiger partial charge in [-0.05, 0) is 31.2 Å². The summed E-state index contributed by atoms with van der Waals surface area (Å²) in [5.74, 6) is 6.27. The molecule has 0 saturated carbocycles. The Bertz CT molecular complexity index is 598. The van der Waals surface area contributed by atoms with E-state index in [1.54, 1.807) is 11.8 Å². The monoisotopic (exact) mass is 296 g/mol. The fourth-order valence-corrected chi connectivity index (χ4v) is 2.71. The molecule has 0 atom stereocenters. The van der Waals surface area contributed by atoms with E-state index in [0.29, 0.717) is 10.8 Å². The molecule has 19 heavy (non-hydrogen) atoms. The highest BCUT2D eigenvalue weighted by Gasteiger charge is 2.14. The summed E-state index contributed by atoms with van der Waals surface area (Å²) < 4.78 is 5.47. The highest BCUT2D eigenvalue weighted by atomic mass is 35.5. The molecule has 2 rings (SSSR count). The molecular formula is C13H13ClN2O2S. The predicted octanol–water partition coefficient (Wildman–Crippen LogP) is 3.14. The van der Waals surface area contributed by atoms with Crippen LogP contribution in [0.3, 0.4) is 0 Å². The minimum absolute atomic E-state index is 0.254. The summed E-state index contributed by atoms with van der Waals surface area (Å²) in [6.45, 7) is 1.81. The summed E-state index contributed by atoms with van der Waals surface area (Å²) in [6, 6.07) is 9.41. The summed E-state index contributed by atoms with van der Waals surface area (Å²) >= 11 is 7.50. The topological polar surface area (TPSA) is 68.3 Å². The van der Waals surface area contributed by atoms with Crippen LogP contribution in [0.2, 0.25) is 5.02 Å². The van der Waals surface area contributed by atoms with Gasteiger partial charge in [0.15, 0.2) is 5.76 Å². The number of nitrogen functional groups attached to an aromatic ring is 1. The second-order valence-corrected chi connectivity index (χ2v) is 5.43. The highest BCUT2D eigenvalue weighted by molar-refractivity contribution is 7.98. The Morgan fingerprint density at radius 2 is 2.26 bits per heavy atom. The van der Waals surface area contributed by atoms with E-state index < -0.39 is 5.91 Å². The number of hydrazine groups is 1. The fourth-order valence-electron chi connectivity index (χ4n) is 1.62. The number of aryl methyl sites for hydroxylation is 1. The molecule has 6 heteroatoms. The van der Waals surface area contributed by atoms with Crippen LogP contribution in [0.15, 0.2) is 39.6 Å². The summed E-state index contributed by atoms with van der Waals surface area (Å²) in [5, 5.41) is 0.698. The second-order valence-electron chi connectivity index (χ2n) is 3.94. The first-order chi connectivity index (χ1) is 9.10. The van der Waals surface area contributed by atoms with E-state index in [0.717, 1.165) is 16.2 Å². The molecule has 100 valence electrons. The molecule has 1 amide bonds. The Labute approximate surface area is 120 Å². The Morgan fingerprint density at radius 1 is 1.47 bits per heavy atom. The number of rotatable bonds is 4. The zero-order valence-electron chi connectivity index (χ0n) is 10.3. The third kappa shape index (κ3) is 3.53. The SMILES string of the molecule is Cc1cc(CSc2cccc(Cl)c2)oc1C(=O)NN. The van der Waals surface area contributed by atoms with Crippen molar-refractivity contribution >= 4 is 29.3 Å². The lowest BCUT2D eigenvalue weighted by molar-refractivity contribution is 0.0923. The molecule has 1 aromatic heterocycles. The van der Waals surface area contributed by atoms with Gasteiger partial charge in [-0.1, -0.05) is 17.7 Å². The van der Waals surface area contributed by atoms with Crippen LogP contribution in [-0.4, -0.2) is 5.91 Å². The molecule has 0 aliphatic heterocycles. The lowest BCUT2D eigenvalue weighted by Crippen LogP contribution is -2.30. The first kappa shape index (κ1) is 14.0. The zero-order valence-corrected chi connectivity index (χ0v) is 11.8. The third-order valence-corrected chi connectivity index (χ3v) is 3.73. The van der Waals surface area contributed by atoms with E-state index >= 15 is 0 Å². The van der Waals surface area contributed by atoms with Gasteiger partial charge < -0.3 is 4.42 Å². The number of benzene rings is 1. The van der Waals surface area contributed by atoms with Crippen LogP contribution in [0, 0.1) is 6.92 Å². The van der Waals surface area contributed by atoms with E-state index in [1.807, 2.05) is 37.3 Å². The van der Waals surface area contributed by atoms with Gasteiger partial charge in [-0.15, -0.1) is 11.8 Å². The zero-order chi connectivity index (χ0) is 13.8. The molecule has 1 aromatic carbocycles. The lowest BCUT2D eigenvalue weighted by Gasteiger charge is -2.00. The Balaban J connectivity index is 2.06. The number of hydrogen-bond acceptors (Lipinski definition) is 4. The van der Waals surface area contributed by atoms with Gasteiger partial charge >= 0.3 is 5.91 Å². The van der Waals surface area contributed by atoms with E-state index in [2.05, 4.69) is 5.43 Å². The maximum atomic E-state index is 11.4. The van der Waals surface area contributed by atoms with Crippen molar-refractivity contribution in [2.24, 2.45) is 5.84 Å². The van der Waals surface area contributed by atoms with Crippen molar-refractivity contribution in [1.29, 1.82) is 0 Å². The van der Waals surface area contributed by atoms with E-state index in [1.165, 1.54) is 0 Å². The molecule has 0 spiro atoms. The molecule has 4 nitrogen and oxygen atoms in total. The molecule has 0 saturated heterocycles. The van der Waals surface area contributed by atoms with Gasteiger partial charge in [0.2, 0.25) is 0 Å². The van der Waals surface area contributed by atoms with Crippen LogP contribution >= 0.6 is 23.4 Å². The van der Waals surface area contributed by atoms with Gasteiger partial charge in [-0.3, -0.25) is 10.2 Å². The molecule has 0 radical (unpaired) electrons.